The number of rotatable bonds is 3. The van der Waals surface area contributed by atoms with Crippen LogP contribution in [-0.4, -0.2) is 21.3 Å². The van der Waals surface area contributed by atoms with Crippen LogP contribution in [0.25, 0.3) is 0 Å². The summed E-state index contributed by atoms with van der Waals surface area (Å²) in [5.41, 5.74) is 1.63. The zero-order valence-electron chi connectivity index (χ0n) is 8.15. The predicted octanol–water partition coefficient (Wildman–Crippen LogP) is 0.636. The van der Waals surface area contributed by atoms with Crippen molar-refractivity contribution < 1.29 is 9.32 Å². The molecule has 0 unspecified atom stereocenters. The van der Waals surface area contributed by atoms with Crippen molar-refractivity contribution in [2.24, 2.45) is 0 Å². The number of amides is 1. The van der Waals surface area contributed by atoms with Crippen LogP contribution in [0.5, 0.6) is 0 Å². The van der Waals surface area contributed by atoms with Crippen LogP contribution in [0.2, 0.25) is 0 Å². The highest BCUT2D eigenvalue weighted by molar-refractivity contribution is 5.92. The van der Waals surface area contributed by atoms with Crippen molar-refractivity contribution in [3.05, 3.63) is 35.5 Å². The molecule has 2 heterocycles. The van der Waals surface area contributed by atoms with Crippen LogP contribution >= 0.6 is 0 Å². The van der Waals surface area contributed by atoms with E-state index in [0.717, 1.165) is 11.1 Å². The van der Waals surface area contributed by atoms with Gasteiger partial charge in [-0.25, -0.2) is 0 Å². The summed E-state index contributed by atoms with van der Waals surface area (Å²) in [6.45, 7) is 2.18. The molecule has 0 radical (unpaired) electrons. The Kier molecular flexibility index (Phi) is 2.49. The quantitative estimate of drug-likeness (QED) is 0.771. The molecule has 0 atom stereocenters. The largest absolute Gasteiger partial charge is 0.351 e. The third kappa shape index (κ3) is 2.04. The van der Waals surface area contributed by atoms with Gasteiger partial charge in [-0.3, -0.25) is 9.89 Å². The molecule has 0 aromatic carbocycles. The average Bonchev–Trinajstić information content (AvgIpc) is 2.84. The molecular formula is C9H10N4O2. The molecule has 0 aliphatic carbocycles. The zero-order valence-corrected chi connectivity index (χ0v) is 8.15. The van der Waals surface area contributed by atoms with Crippen molar-refractivity contribution in [3.63, 3.8) is 0 Å². The third-order valence-electron chi connectivity index (χ3n) is 1.96. The molecule has 2 aromatic rings. The second-order valence-electron chi connectivity index (χ2n) is 3.13. The summed E-state index contributed by atoms with van der Waals surface area (Å²) < 4.78 is 4.81. The minimum atomic E-state index is -0.272. The molecule has 0 saturated carbocycles. The minimum Gasteiger partial charge on any atom is -0.351 e. The lowest BCUT2D eigenvalue weighted by Gasteiger charge is -1.99. The lowest BCUT2D eigenvalue weighted by atomic mass is 10.3. The summed E-state index contributed by atoms with van der Waals surface area (Å²) in [5, 5.41) is 12.7. The first-order chi connectivity index (χ1) is 7.27. The minimum absolute atomic E-state index is 0.249. The number of aromatic amines is 1. The number of carbonyl (C=O) groups is 1. The standard InChI is InChI=1S/C9H10N4O2/c1-6-2-13-15-8(6)9(14)10-3-7-4-11-12-5-7/h2,4-5H,3H2,1H3,(H,10,14)(H,11,12). The molecule has 0 aliphatic rings. The number of aromatic nitrogens is 3. The molecule has 0 spiro atoms. The molecule has 1 amide bonds. The lowest BCUT2D eigenvalue weighted by molar-refractivity contribution is 0.0913. The number of carbonyl (C=O) groups excluding carboxylic acids is 1. The first kappa shape index (κ1) is 9.45. The molecule has 2 rings (SSSR count). The van der Waals surface area contributed by atoms with Crippen LogP contribution in [0, 0.1) is 6.92 Å². The molecule has 2 aromatic heterocycles. The highest BCUT2D eigenvalue weighted by Gasteiger charge is 2.13. The van der Waals surface area contributed by atoms with Gasteiger partial charge in [0, 0.05) is 23.9 Å². The first-order valence-corrected chi connectivity index (χ1v) is 4.44. The molecule has 0 saturated heterocycles. The molecule has 6 nitrogen and oxygen atoms in total. The van der Waals surface area contributed by atoms with Gasteiger partial charge in [-0.05, 0) is 6.92 Å². The van der Waals surface area contributed by atoms with Gasteiger partial charge < -0.3 is 9.84 Å². The summed E-state index contributed by atoms with van der Waals surface area (Å²) in [5.74, 6) is -0.0234. The molecule has 0 aliphatic heterocycles. The average molecular weight is 206 g/mol. The molecule has 15 heavy (non-hydrogen) atoms. The second-order valence-corrected chi connectivity index (χ2v) is 3.13. The van der Waals surface area contributed by atoms with Crippen LogP contribution in [0.3, 0.4) is 0 Å². The number of nitrogens with one attached hydrogen (secondary N) is 2. The number of hydrogen-bond donors (Lipinski definition) is 2. The number of nitrogens with zero attached hydrogens (tertiary/aromatic N) is 2. The Balaban J connectivity index is 1.96. The third-order valence-corrected chi connectivity index (χ3v) is 1.96. The summed E-state index contributed by atoms with van der Waals surface area (Å²) in [6.07, 6.45) is 4.87. The van der Waals surface area contributed by atoms with Gasteiger partial charge >= 0.3 is 0 Å². The van der Waals surface area contributed by atoms with E-state index in [9.17, 15) is 4.79 Å². The molecule has 2 N–H and O–H groups in total. The topological polar surface area (TPSA) is 83.8 Å². The maximum Gasteiger partial charge on any atom is 0.290 e. The zero-order chi connectivity index (χ0) is 10.7. The maximum absolute atomic E-state index is 11.5. The van der Waals surface area contributed by atoms with Crippen LogP contribution in [-0.2, 0) is 6.54 Å². The Bertz CT molecular complexity index is 446. The van der Waals surface area contributed by atoms with E-state index in [4.69, 9.17) is 4.52 Å². The summed E-state index contributed by atoms with van der Waals surface area (Å²) in [6, 6.07) is 0. The van der Waals surface area contributed by atoms with Gasteiger partial charge in [-0.2, -0.15) is 5.10 Å². The maximum atomic E-state index is 11.5. The van der Waals surface area contributed by atoms with Crippen molar-refractivity contribution in [1.82, 2.24) is 20.7 Å². The fraction of sp³-hybridized carbons (Fsp3) is 0.222. The Morgan fingerprint density at radius 3 is 3.07 bits per heavy atom. The van der Waals surface area contributed by atoms with Crippen molar-refractivity contribution in [2.45, 2.75) is 13.5 Å². The summed E-state index contributed by atoms with van der Waals surface area (Å²) in [7, 11) is 0. The fourth-order valence-corrected chi connectivity index (χ4v) is 1.15. The van der Waals surface area contributed by atoms with E-state index in [1.54, 1.807) is 19.3 Å². The summed E-state index contributed by atoms with van der Waals surface area (Å²) in [4.78, 5) is 11.5. The van der Waals surface area contributed by atoms with Crippen molar-refractivity contribution >= 4 is 5.91 Å². The van der Waals surface area contributed by atoms with Gasteiger partial charge in [0.2, 0.25) is 5.76 Å². The van der Waals surface area contributed by atoms with Crippen molar-refractivity contribution in [2.75, 3.05) is 0 Å². The number of aryl methyl sites for hydroxylation is 1. The van der Waals surface area contributed by atoms with Gasteiger partial charge in [-0.1, -0.05) is 5.16 Å². The van der Waals surface area contributed by atoms with Crippen LogP contribution in [0.1, 0.15) is 21.7 Å². The van der Waals surface area contributed by atoms with Gasteiger partial charge in [0.1, 0.15) is 0 Å². The van der Waals surface area contributed by atoms with Gasteiger partial charge in [0.05, 0.1) is 12.4 Å². The van der Waals surface area contributed by atoms with E-state index in [1.807, 2.05) is 0 Å². The highest BCUT2D eigenvalue weighted by Crippen LogP contribution is 2.05. The summed E-state index contributed by atoms with van der Waals surface area (Å²) >= 11 is 0. The Morgan fingerprint density at radius 1 is 1.60 bits per heavy atom. The van der Waals surface area contributed by atoms with Gasteiger partial charge in [0.25, 0.3) is 5.91 Å². The van der Waals surface area contributed by atoms with E-state index in [1.165, 1.54) is 6.20 Å². The highest BCUT2D eigenvalue weighted by atomic mass is 16.5. The molecule has 0 fully saturated rings. The predicted molar refractivity (Wildman–Crippen MR) is 51.0 cm³/mol. The van der Waals surface area contributed by atoms with Crippen LogP contribution < -0.4 is 5.32 Å². The monoisotopic (exact) mass is 206 g/mol. The number of H-pyrrole nitrogens is 1. The molecule has 6 heteroatoms. The smallest absolute Gasteiger partial charge is 0.290 e. The normalized spacial score (nSPS) is 10.2. The first-order valence-electron chi connectivity index (χ1n) is 4.44. The van der Waals surface area contributed by atoms with E-state index >= 15 is 0 Å². The molecule has 0 bridgehead atoms. The SMILES string of the molecule is Cc1cnoc1C(=O)NCc1cn[nH]c1. The Morgan fingerprint density at radius 2 is 2.47 bits per heavy atom. The Labute approximate surface area is 85.7 Å². The van der Waals surface area contributed by atoms with Crippen LogP contribution in [0.4, 0.5) is 0 Å². The van der Waals surface area contributed by atoms with Gasteiger partial charge in [-0.15, -0.1) is 0 Å². The van der Waals surface area contributed by atoms with E-state index in [-0.39, 0.29) is 11.7 Å². The molecular weight excluding hydrogens is 196 g/mol. The number of hydrogen-bond acceptors (Lipinski definition) is 4. The Hall–Kier alpha value is -2.11. The van der Waals surface area contributed by atoms with Crippen molar-refractivity contribution in [3.8, 4) is 0 Å². The van der Waals surface area contributed by atoms with Crippen molar-refractivity contribution in [1.29, 1.82) is 0 Å². The second kappa shape index (κ2) is 3.95. The lowest BCUT2D eigenvalue weighted by Crippen LogP contribution is -2.22. The molecule has 78 valence electrons. The van der Waals surface area contributed by atoms with Crippen LogP contribution in [0.15, 0.2) is 23.1 Å². The van der Waals surface area contributed by atoms with E-state index in [0.29, 0.717) is 6.54 Å². The van der Waals surface area contributed by atoms with E-state index < -0.39 is 0 Å². The fourth-order valence-electron chi connectivity index (χ4n) is 1.15. The van der Waals surface area contributed by atoms with E-state index in [2.05, 4.69) is 20.7 Å². The van der Waals surface area contributed by atoms with Gasteiger partial charge in [0.15, 0.2) is 0 Å².